The molecular formula is C13H18N2O2. The number of aromatic nitrogens is 1. The molecule has 0 spiro atoms. The zero-order valence-electron chi connectivity index (χ0n) is 10.0. The molecule has 0 aliphatic heterocycles. The minimum absolute atomic E-state index is 0.0196. The average molecular weight is 234 g/mol. The number of nitrogens with one attached hydrogen (secondary N) is 1. The van der Waals surface area contributed by atoms with Crippen molar-refractivity contribution in [2.24, 2.45) is 5.92 Å². The molecule has 1 fully saturated rings. The van der Waals surface area contributed by atoms with Crippen LogP contribution in [0.5, 0.6) is 5.75 Å². The number of amides is 1. The van der Waals surface area contributed by atoms with Crippen LogP contribution in [0.25, 0.3) is 0 Å². The fraction of sp³-hybridized carbons (Fsp3) is 0.538. The summed E-state index contributed by atoms with van der Waals surface area (Å²) in [6.45, 7) is 2.05. The zero-order valence-corrected chi connectivity index (χ0v) is 10.0. The summed E-state index contributed by atoms with van der Waals surface area (Å²) in [5.74, 6) is 0.447. The summed E-state index contributed by atoms with van der Waals surface area (Å²) in [6, 6.07) is 1.62. The molecule has 0 saturated heterocycles. The van der Waals surface area contributed by atoms with E-state index >= 15 is 0 Å². The quantitative estimate of drug-likeness (QED) is 0.841. The highest BCUT2D eigenvalue weighted by Gasteiger charge is 2.23. The molecule has 4 nitrogen and oxygen atoms in total. The monoisotopic (exact) mass is 234 g/mol. The molecule has 1 aromatic rings. The van der Waals surface area contributed by atoms with E-state index in [0.29, 0.717) is 11.5 Å². The van der Waals surface area contributed by atoms with Crippen molar-refractivity contribution in [3.8, 4) is 5.75 Å². The Kier molecular flexibility index (Phi) is 3.61. The van der Waals surface area contributed by atoms with Crippen molar-refractivity contribution in [1.29, 1.82) is 0 Å². The van der Waals surface area contributed by atoms with E-state index < -0.39 is 0 Å². The van der Waals surface area contributed by atoms with Crippen molar-refractivity contribution in [3.63, 3.8) is 0 Å². The van der Waals surface area contributed by atoms with E-state index in [0.717, 1.165) is 0 Å². The van der Waals surface area contributed by atoms with Gasteiger partial charge >= 0.3 is 0 Å². The second-order valence-electron chi connectivity index (χ2n) is 4.74. The summed E-state index contributed by atoms with van der Waals surface area (Å²) in [4.78, 5) is 15.7. The highest BCUT2D eigenvalue weighted by atomic mass is 16.3. The number of rotatable bonds is 3. The van der Waals surface area contributed by atoms with Gasteiger partial charge in [0, 0.05) is 12.2 Å². The van der Waals surface area contributed by atoms with Gasteiger partial charge in [-0.15, -0.1) is 0 Å². The van der Waals surface area contributed by atoms with Crippen molar-refractivity contribution < 1.29 is 9.90 Å². The SMILES string of the molecule is CC(NC(=O)c1cncc(O)c1)C1CCCC1. The Bertz CT molecular complexity index is 400. The predicted molar refractivity (Wildman–Crippen MR) is 64.8 cm³/mol. The number of carbonyl (C=O) groups is 1. The summed E-state index contributed by atoms with van der Waals surface area (Å²) in [7, 11) is 0. The summed E-state index contributed by atoms with van der Waals surface area (Å²) < 4.78 is 0. The highest BCUT2D eigenvalue weighted by molar-refractivity contribution is 5.94. The van der Waals surface area contributed by atoms with Crippen LogP contribution in [0.1, 0.15) is 43.0 Å². The summed E-state index contributed by atoms with van der Waals surface area (Å²) in [6.07, 6.45) is 7.70. The minimum Gasteiger partial charge on any atom is -0.506 e. The number of hydrogen-bond donors (Lipinski definition) is 2. The lowest BCUT2D eigenvalue weighted by Gasteiger charge is -2.20. The van der Waals surface area contributed by atoms with Gasteiger partial charge in [-0.05, 0) is 31.7 Å². The van der Waals surface area contributed by atoms with Gasteiger partial charge < -0.3 is 10.4 Å². The molecule has 0 bridgehead atoms. The lowest BCUT2D eigenvalue weighted by atomic mass is 9.99. The number of aromatic hydroxyl groups is 1. The number of nitrogens with zero attached hydrogens (tertiary/aromatic N) is 1. The molecular weight excluding hydrogens is 216 g/mol. The summed E-state index contributed by atoms with van der Waals surface area (Å²) >= 11 is 0. The van der Waals surface area contributed by atoms with Crippen molar-refractivity contribution in [3.05, 3.63) is 24.0 Å². The maximum Gasteiger partial charge on any atom is 0.253 e. The Morgan fingerprint density at radius 1 is 1.47 bits per heavy atom. The van der Waals surface area contributed by atoms with Crippen LogP contribution in [0.2, 0.25) is 0 Å². The standard InChI is InChI=1S/C13H18N2O2/c1-9(10-4-2-3-5-10)15-13(17)11-6-12(16)8-14-7-11/h6-10,16H,2-5H2,1H3,(H,15,17). The third kappa shape index (κ3) is 2.96. The topological polar surface area (TPSA) is 62.2 Å². The number of pyridine rings is 1. The molecule has 92 valence electrons. The molecule has 1 unspecified atom stereocenters. The molecule has 1 heterocycles. The largest absolute Gasteiger partial charge is 0.506 e. The van der Waals surface area contributed by atoms with E-state index in [1.807, 2.05) is 6.92 Å². The summed E-state index contributed by atoms with van der Waals surface area (Å²) in [5.41, 5.74) is 0.412. The second-order valence-corrected chi connectivity index (χ2v) is 4.74. The second kappa shape index (κ2) is 5.17. The smallest absolute Gasteiger partial charge is 0.253 e. The van der Waals surface area contributed by atoms with Gasteiger partial charge in [-0.3, -0.25) is 9.78 Å². The van der Waals surface area contributed by atoms with Gasteiger partial charge in [-0.1, -0.05) is 12.8 Å². The van der Waals surface area contributed by atoms with Gasteiger partial charge in [0.15, 0.2) is 0 Å². The number of carbonyl (C=O) groups excluding carboxylic acids is 1. The molecule has 0 aromatic carbocycles. The van der Waals surface area contributed by atoms with E-state index in [2.05, 4.69) is 10.3 Å². The normalized spacial score (nSPS) is 17.9. The fourth-order valence-electron chi connectivity index (χ4n) is 2.42. The average Bonchev–Trinajstić information content (AvgIpc) is 2.82. The lowest BCUT2D eigenvalue weighted by Crippen LogP contribution is -2.37. The molecule has 1 aliphatic carbocycles. The third-order valence-corrected chi connectivity index (χ3v) is 3.45. The molecule has 1 aromatic heterocycles. The lowest BCUT2D eigenvalue weighted by molar-refractivity contribution is 0.0926. The van der Waals surface area contributed by atoms with E-state index in [-0.39, 0.29) is 17.7 Å². The molecule has 1 saturated carbocycles. The van der Waals surface area contributed by atoms with Gasteiger partial charge in [0.2, 0.25) is 0 Å². The van der Waals surface area contributed by atoms with Crippen molar-refractivity contribution >= 4 is 5.91 Å². The Morgan fingerprint density at radius 3 is 2.82 bits per heavy atom. The van der Waals surface area contributed by atoms with Gasteiger partial charge in [0.25, 0.3) is 5.91 Å². The van der Waals surface area contributed by atoms with Crippen molar-refractivity contribution in [1.82, 2.24) is 10.3 Å². The highest BCUT2D eigenvalue weighted by Crippen LogP contribution is 2.27. The maximum absolute atomic E-state index is 11.9. The Labute approximate surface area is 101 Å². The summed E-state index contributed by atoms with van der Waals surface area (Å²) in [5, 5.41) is 12.2. The van der Waals surface area contributed by atoms with Gasteiger partial charge in [0.05, 0.1) is 11.8 Å². The molecule has 1 amide bonds. The maximum atomic E-state index is 11.9. The van der Waals surface area contributed by atoms with Crippen LogP contribution in [-0.4, -0.2) is 22.0 Å². The molecule has 1 aliphatic rings. The van der Waals surface area contributed by atoms with Crippen LogP contribution in [0.3, 0.4) is 0 Å². The first-order valence-corrected chi connectivity index (χ1v) is 6.11. The van der Waals surface area contributed by atoms with Crippen LogP contribution in [0.4, 0.5) is 0 Å². The predicted octanol–water partition coefficient (Wildman–Crippen LogP) is 2.10. The first-order chi connectivity index (χ1) is 8.16. The van der Waals surface area contributed by atoms with Crippen LogP contribution in [-0.2, 0) is 0 Å². The van der Waals surface area contributed by atoms with Crippen molar-refractivity contribution in [2.75, 3.05) is 0 Å². The fourth-order valence-corrected chi connectivity index (χ4v) is 2.42. The van der Waals surface area contributed by atoms with Crippen LogP contribution < -0.4 is 5.32 Å². The molecule has 4 heteroatoms. The minimum atomic E-state index is -0.159. The molecule has 1 atom stereocenters. The zero-order chi connectivity index (χ0) is 12.3. The van der Waals surface area contributed by atoms with Crippen LogP contribution in [0.15, 0.2) is 18.5 Å². The number of hydrogen-bond acceptors (Lipinski definition) is 3. The Hall–Kier alpha value is -1.58. The van der Waals surface area contributed by atoms with Crippen LogP contribution in [0, 0.1) is 5.92 Å². The van der Waals surface area contributed by atoms with Crippen LogP contribution >= 0.6 is 0 Å². The van der Waals surface area contributed by atoms with E-state index in [1.54, 1.807) is 0 Å². The molecule has 0 radical (unpaired) electrons. The third-order valence-electron chi connectivity index (χ3n) is 3.45. The Morgan fingerprint density at radius 2 is 2.18 bits per heavy atom. The first-order valence-electron chi connectivity index (χ1n) is 6.11. The first kappa shape index (κ1) is 11.9. The van der Waals surface area contributed by atoms with Gasteiger partial charge in [-0.2, -0.15) is 0 Å². The molecule has 17 heavy (non-hydrogen) atoms. The molecule has 2 rings (SSSR count). The van der Waals surface area contributed by atoms with Crippen molar-refractivity contribution in [2.45, 2.75) is 38.6 Å². The van der Waals surface area contributed by atoms with E-state index in [4.69, 9.17) is 0 Å². The van der Waals surface area contributed by atoms with E-state index in [9.17, 15) is 9.90 Å². The molecule has 2 N–H and O–H groups in total. The Balaban J connectivity index is 1.96. The van der Waals surface area contributed by atoms with E-state index in [1.165, 1.54) is 44.1 Å². The van der Waals surface area contributed by atoms with Gasteiger partial charge in [0.1, 0.15) is 5.75 Å². The van der Waals surface area contributed by atoms with Gasteiger partial charge in [-0.25, -0.2) is 0 Å².